The number of nitrogens with one attached hydrogen (secondary N) is 1. The molecule has 1 nitrogen and oxygen atoms in total. The zero-order valence-electron chi connectivity index (χ0n) is 11.0. The normalized spacial score (nSPS) is 12.6. The van der Waals surface area contributed by atoms with Gasteiger partial charge < -0.3 is 5.32 Å². The Morgan fingerprint density at radius 1 is 1.24 bits per heavy atom. The van der Waals surface area contributed by atoms with Crippen molar-refractivity contribution in [1.82, 2.24) is 5.32 Å². The average Bonchev–Trinajstić information content (AvgIpc) is 2.35. The van der Waals surface area contributed by atoms with Crippen molar-refractivity contribution < 1.29 is 4.39 Å². The second kappa shape index (κ2) is 8.24. The third kappa shape index (κ3) is 5.31. The van der Waals surface area contributed by atoms with Gasteiger partial charge in [-0.2, -0.15) is 0 Å². The van der Waals surface area contributed by atoms with Crippen LogP contribution >= 0.6 is 0 Å². The summed E-state index contributed by atoms with van der Waals surface area (Å²) in [5.41, 5.74) is 0.853. The van der Waals surface area contributed by atoms with Gasteiger partial charge in [-0.3, -0.25) is 0 Å². The first kappa shape index (κ1) is 14.2. The molecular weight excluding hydrogens is 213 g/mol. The number of halogens is 1. The van der Waals surface area contributed by atoms with Crippen LogP contribution in [0, 0.1) is 11.7 Å². The van der Waals surface area contributed by atoms with Gasteiger partial charge in [-0.25, -0.2) is 4.39 Å². The van der Waals surface area contributed by atoms with E-state index >= 15 is 0 Å². The molecule has 2 heteroatoms. The SMILES string of the molecule is CCCCC(CNCC)Cc1ccccc1F. The van der Waals surface area contributed by atoms with Crippen LogP contribution in [0.5, 0.6) is 0 Å². The zero-order chi connectivity index (χ0) is 12.5. The molecule has 0 aromatic heterocycles. The van der Waals surface area contributed by atoms with Crippen molar-refractivity contribution in [2.75, 3.05) is 13.1 Å². The lowest BCUT2D eigenvalue weighted by Gasteiger charge is -2.17. The van der Waals surface area contributed by atoms with Crippen LogP contribution in [0.3, 0.4) is 0 Å². The molecule has 0 saturated carbocycles. The Kier molecular flexibility index (Phi) is 6.87. The smallest absolute Gasteiger partial charge is 0.126 e. The zero-order valence-corrected chi connectivity index (χ0v) is 11.0. The van der Waals surface area contributed by atoms with Crippen LogP contribution in [-0.2, 0) is 6.42 Å². The molecular formula is C15H24FN. The van der Waals surface area contributed by atoms with Crippen molar-refractivity contribution in [3.05, 3.63) is 35.6 Å². The van der Waals surface area contributed by atoms with Gasteiger partial charge in [-0.1, -0.05) is 44.9 Å². The fourth-order valence-electron chi connectivity index (χ4n) is 2.09. The summed E-state index contributed by atoms with van der Waals surface area (Å²) < 4.78 is 13.6. The molecule has 1 aromatic carbocycles. The van der Waals surface area contributed by atoms with E-state index in [9.17, 15) is 4.39 Å². The largest absolute Gasteiger partial charge is 0.317 e. The van der Waals surface area contributed by atoms with E-state index in [4.69, 9.17) is 0 Å². The van der Waals surface area contributed by atoms with Gasteiger partial charge in [0.25, 0.3) is 0 Å². The molecule has 1 atom stereocenters. The molecule has 0 fully saturated rings. The molecule has 0 spiro atoms. The lowest BCUT2D eigenvalue weighted by Crippen LogP contribution is -2.24. The third-order valence-electron chi connectivity index (χ3n) is 3.12. The van der Waals surface area contributed by atoms with Crippen LogP contribution in [0.1, 0.15) is 38.7 Å². The molecule has 1 unspecified atom stereocenters. The van der Waals surface area contributed by atoms with E-state index in [1.165, 1.54) is 19.3 Å². The predicted octanol–water partition coefficient (Wildman–Crippen LogP) is 3.78. The van der Waals surface area contributed by atoms with E-state index in [0.29, 0.717) is 5.92 Å². The molecule has 0 aliphatic heterocycles. The van der Waals surface area contributed by atoms with Gasteiger partial charge in [0.2, 0.25) is 0 Å². The van der Waals surface area contributed by atoms with E-state index in [1.807, 2.05) is 12.1 Å². The standard InChI is InChI=1S/C15H24FN/c1-3-5-8-13(12-17-4-2)11-14-9-6-7-10-15(14)16/h6-7,9-10,13,17H,3-5,8,11-12H2,1-2H3. The van der Waals surface area contributed by atoms with Crippen molar-refractivity contribution in [3.63, 3.8) is 0 Å². The molecule has 0 heterocycles. The molecule has 1 N–H and O–H groups in total. The maximum Gasteiger partial charge on any atom is 0.126 e. The summed E-state index contributed by atoms with van der Waals surface area (Å²) in [5.74, 6) is 0.484. The fourth-order valence-corrected chi connectivity index (χ4v) is 2.09. The van der Waals surface area contributed by atoms with E-state index in [0.717, 1.165) is 25.1 Å². The average molecular weight is 237 g/mol. The highest BCUT2D eigenvalue weighted by Crippen LogP contribution is 2.17. The molecule has 1 aromatic rings. The monoisotopic (exact) mass is 237 g/mol. The Bertz CT molecular complexity index is 304. The van der Waals surface area contributed by atoms with Crippen LogP contribution in [0.25, 0.3) is 0 Å². The van der Waals surface area contributed by atoms with Crippen molar-refractivity contribution in [3.8, 4) is 0 Å². The Morgan fingerprint density at radius 2 is 2.00 bits per heavy atom. The molecule has 0 aliphatic rings. The Labute approximate surface area is 104 Å². The van der Waals surface area contributed by atoms with Gasteiger partial charge in [0.05, 0.1) is 0 Å². The second-order valence-electron chi connectivity index (χ2n) is 4.61. The summed E-state index contributed by atoms with van der Waals surface area (Å²) in [6.07, 6.45) is 4.46. The van der Waals surface area contributed by atoms with Gasteiger partial charge in [0, 0.05) is 0 Å². The molecule has 0 bridgehead atoms. The number of hydrogen-bond donors (Lipinski definition) is 1. The summed E-state index contributed by atoms with van der Waals surface area (Å²) in [6, 6.07) is 7.13. The highest BCUT2D eigenvalue weighted by Gasteiger charge is 2.11. The topological polar surface area (TPSA) is 12.0 Å². The van der Waals surface area contributed by atoms with Crippen LogP contribution in [-0.4, -0.2) is 13.1 Å². The van der Waals surface area contributed by atoms with Crippen molar-refractivity contribution in [1.29, 1.82) is 0 Å². The summed E-state index contributed by atoms with van der Waals surface area (Å²) in [7, 11) is 0. The van der Waals surface area contributed by atoms with Crippen LogP contribution in [0.15, 0.2) is 24.3 Å². The van der Waals surface area contributed by atoms with Gasteiger partial charge in [0.15, 0.2) is 0 Å². The van der Waals surface area contributed by atoms with Crippen molar-refractivity contribution in [2.45, 2.75) is 39.5 Å². The maximum absolute atomic E-state index is 13.6. The number of benzene rings is 1. The van der Waals surface area contributed by atoms with E-state index in [-0.39, 0.29) is 5.82 Å². The molecule has 17 heavy (non-hydrogen) atoms. The van der Waals surface area contributed by atoms with Crippen molar-refractivity contribution in [2.24, 2.45) is 5.92 Å². The number of rotatable bonds is 8. The minimum atomic E-state index is -0.0644. The lowest BCUT2D eigenvalue weighted by molar-refractivity contribution is 0.427. The lowest BCUT2D eigenvalue weighted by atomic mass is 9.94. The first-order chi connectivity index (χ1) is 8.27. The third-order valence-corrected chi connectivity index (χ3v) is 3.12. The first-order valence-electron chi connectivity index (χ1n) is 6.72. The number of hydrogen-bond acceptors (Lipinski definition) is 1. The van der Waals surface area contributed by atoms with Crippen LogP contribution < -0.4 is 5.32 Å². The van der Waals surface area contributed by atoms with E-state index in [1.54, 1.807) is 12.1 Å². The molecule has 0 saturated heterocycles. The minimum absolute atomic E-state index is 0.0644. The van der Waals surface area contributed by atoms with E-state index < -0.39 is 0 Å². The summed E-state index contributed by atoms with van der Waals surface area (Å²) in [4.78, 5) is 0. The molecule has 0 aliphatic carbocycles. The van der Waals surface area contributed by atoms with Gasteiger partial charge in [-0.05, 0) is 43.5 Å². The summed E-state index contributed by atoms with van der Waals surface area (Å²) >= 11 is 0. The Morgan fingerprint density at radius 3 is 2.65 bits per heavy atom. The van der Waals surface area contributed by atoms with Gasteiger partial charge >= 0.3 is 0 Å². The molecule has 1 rings (SSSR count). The Balaban J connectivity index is 2.55. The van der Waals surface area contributed by atoms with Gasteiger partial charge in [0.1, 0.15) is 5.82 Å². The summed E-state index contributed by atoms with van der Waals surface area (Å²) in [5, 5.41) is 3.37. The number of unbranched alkanes of at least 4 members (excludes halogenated alkanes) is 1. The Hall–Kier alpha value is -0.890. The predicted molar refractivity (Wildman–Crippen MR) is 71.7 cm³/mol. The van der Waals surface area contributed by atoms with E-state index in [2.05, 4.69) is 19.2 Å². The van der Waals surface area contributed by atoms with Gasteiger partial charge in [-0.15, -0.1) is 0 Å². The quantitative estimate of drug-likeness (QED) is 0.725. The second-order valence-corrected chi connectivity index (χ2v) is 4.61. The highest BCUT2D eigenvalue weighted by molar-refractivity contribution is 5.17. The van der Waals surface area contributed by atoms with Crippen LogP contribution in [0.2, 0.25) is 0 Å². The molecule has 0 radical (unpaired) electrons. The minimum Gasteiger partial charge on any atom is -0.317 e. The highest BCUT2D eigenvalue weighted by atomic mass is 19.1. The first-order valence-corrected chi connectivity index (χ1v) is 6.72. The molecule has 96 valence electrons. The van der Waals surface area contributed by atoms with Crippen molar-refractivity contribution >= 4 is 0 Å². The van der Waals surface area contributed by atoms with Crippen LogP contribution in [0.4, 0.5) is 4.39 Å². The summed E-state index contributed by atoms with van der Waals surface area (Å²) in [6.45, 7) is 6.29. The maximum atomic E-state index is 13.6. The molecule has 0 amide bonds. The fraction of sp³-hybridized carbons (Fsp3) is 0.600.